The molecule has 0 radical (unpaired) electrons. The summed E-state index contributed by atoms with van der Waals surface area (Å²) in [4.78, 5) is 2.25. The summed E-state index contributed by atoms with van der Waals surface area (Å²) in [5, 5.41) is 11.3. The summed E-state index contributed by atoms with van der Waals surface area (Å²) in [6.07, 6.45) is 0.908. The first-order chi connectivity index (χ1) is 9.44. The smallest absolute Gasteiger partial charge is 0.135 e. The highest BCUT2D eigenvalue weighted by Crippen LogP contribution is 2.40. The molecule has 0 atom stereocenters. The minimum atomic E-state index is -0.636. The van der Waals surface area contributed by atoms with Gasteiger partial charge in [0.05, 0.1) is 6.07 Å². The predicted molar refractivity (Wildman–Crippen MR) is 79.9 cm³/mol. The van der Waals surface area contributed by atoms with Gasteiger partial charge >= 0.3 is 0 Å². The minimum Gasteiger partial charge on any atom is -0.459 e. The lowest BCUT2D eigenvalue weighted by atomic mass is 9.88. The SMILES string of the molecule is CN1CCc2c(Cl)ccc3oc(C(C)(C)C#N)c(c23)C1. The van der Waals surface area contributed by atoms with Gasteiger partial charge in [-0.1, -0.05) is 11.6 Å². The van der Waals surface area contributed by atoms with Gasteiger partial charge in [-0.2, -0.15) is 5.26 Å². The molecule has 0 N–H and O–H groups in total. The van der Waals surface area contributed by atoms with Crippen LogP contribution in [0, 0.1) is 11.3 Å². The van der Waals surface area contributed by atoms with Crippen molar-refractivity contribution in [1.82, 2.24) is 4.90 Å². The van der Waals surface area contributed by atoms with E-state index in [1.165, 1.54) is 0 Å². The van der Waals surface area contributed by atoms with E-state index in [0.717, 1.165) is 52.4 Å². The Kier molecular flexibility index (Phi) is 3.04. The lowest BCUT2D eigenvalue weighted by molar-refractivity contribution is 0.328. The first kappa shape index (κ1) is 13.5. The van der Waals surface area contributed by atoms with Crippen molar-refractivity contribution in [2.75, 3.05) is 13.6 Å². The standard InChI is InChI=1S/C16H17ClN2O/c1-16(2,9-18)15-11-8-19(3)7-6-10-12(17)4-5-13(20-15)14(10)11/h4-5H,6-8H2,1-3H3. The average Bonchev–Trinajstić information content (AvgIpc) is 2.67. The molecule has 0 unspecified atom stereocenters. The molecule has 0 spiro atoms. The van der Waals surface area contributed by atoms with E-state index in [9.17, 15) is 5.26 Å². The van der Waals surface area contributed by atoms with E-state index in [0.29, 0.717) is 0 Å². The predicted octanol–water partition coefficient (Wildman–Crippen LogP) is 3.88. The molecular formula is C16H17ClN2O. The Morgan fingerprint density at radius 1 is 1.35 bits per heavy atom. The van der Waals surface area contributed by atoms with Gasteiger partial charge in [-0.3, -0.25) is 0 Å². The minimum absolute atomic E-state index is 0.636. The van der Waals surface area contributed by atoms with E-state index in [2.05, 4.69) is 18.0 Å². The lowest BCUT2D eigenvalue weighted by Gasteiger charge is -2.17. The number of likely N-dealkylation sites (N-methyl/N-ethyl adjacent to an activating group) is 1. The van der Waals surface area contributed by atoms with Crippen molar-refractivity contribution < 1.29 is 4.42 Å². The third-order valence-corrected chi connectivity index (χ3v) is 4.38. The summed E-state index contributed by atoms with van der Waals surface area (Å²) in [6.45, 7) is 5.54. The number of furan rings is 1. The normalized spacial score (nSPS) is 16.1. The van der Waals surface area contributed by atoms with Gasteiger partial charge < -0.3 is 9.32 Å². The monoisotopic (exact) mass is 288 g/mol. The highest BCUT2D eigenvalue weighted by Gasteiger charge is 2.32. The molecule has 1 aromatic carbocycles. The quantitative estimate of drug-likeness (QED) is 0.799. The molecule has 1 aromatic heterocycles. The van der Waals surface area contributed by atoms with Crippen molar-refractivity contribution in [1.29, 1.82) is 5.26 Å². The molecule has 1 aliphatic heterocycles. The van der Waals surface area contributed by atoms with Crippen LogP contribution in [0.1, 0.15) is 30.7 Å². The van der Waals surface area contributed by atoms with Gasteiger partial charge in [0.25, 0.3) is 0 Å². The molecule has 2 aromatic rings. The molecule has 0 fully saturated rings. The second kappa shape index (κ2) is 4.51. The van der Waals surface area contributed by atoms with Crippen molar-refractivity contribution in [3.05, 3.63) is 34.0 Å². The molecule has 4 heteroatoms. The highest BCUT2D eigenvalue weighted by molar-refractivity contribution is 6.32. The molecular weight excluding hydrogens is 272 g/mol. The van der Waals surface area contributed by atoms with E-state index in [-0.39, 0.29) is 0 Å². The van der Waals surface area contributed by atoms with Crippen molar-refractivity contribution in [3.8, 4) is 6.07 Å². The highest BCUT2D eigenvalue weighted by atomic mass is 35.5. The summed E-state index contributed by atoms with van der Waals surface area (Å²) in [7, 11) is 2.09. The molecule has 1 aliphatic rings. The Labute approximate surface area is 123 Å². The van der Waals surface area contributed by atoms with Crippen molar-refractivity contribution >= 4 is 22.6 Å². The number of hydrogen-bond acceptors (Lipinski definition) is 3. The number of benzene rings is 1. The van der Waals surface area contributed by atoms with Crippen LogP contribution >= 0.6 is 11.6 Å². The van der Waals surface area contributed by atoms with Crippen LogP contribution in [0.3, 0.4) is 0 Å². The molecule has 0 bridgehead atoms. The molecule has 0 aliphatic carbocycles. The third kappa shape index (κ3) is 1.91. The second-order valence-corrected chi connectivity index (χ2v) is 6.44. The summed E-state index contributed by atoms with van der Waals surface area (Å²) in [6, 6.07) is 6.14. The summed E-state index contributed by atoms with van der Waals surface area (Å²) >= 11 is 6.36. The summed E-state index contributed by atoms with van der Waals surface area (Å²) < 4.78 is 6.02. The maximum atomic E-state index is 9.42. The van der Waals surface area contributed by atoms with Crippen LogP contribution in [0.25, 0.3) is 11.0 Å². The van der Waals surface area contributed by atoms with Gasteiger partial charge in [0.2, 0.25) is 0 Å². The third-order valence-electron chi connectivity index (χ3n) is 4.02. The molecule has 0 saturated carbocycles. The van der Waals surface area contributed by atoms with E-state index in [1.54, 1.807) is 0 Å². The van der Waals surface area contributed by atoms with E-state index >= 15 is 0 Å². The van der Waals surface area contributed by atoms with Crippen LogP contribution < -0.4 is 0 Å². The van der Waals surface area contributed by atoms with Crippen LogP contribution in [-0.4, -0.2) is 18.5 Å². The fourth-order valence-electron chi connectivity index (χ4n) is 2.90. The molecule has 3 nitrogen and oxygen atoms in total. The molecule has 104 valence electrons. The number of nitrogens with zero attached hydrogens (tertiary/aromatic N) is 2. The molecule has 0 amide bonds. The van der Waals surface area contributed by atoms with Gasteiger partial charge in [-0.15, -0.1) is 0 Å². The largest absolute Gasteiger partial charge is 0.459 e. The molecule has 0 saturated heterocycles. The maximum absolute atomic E-state index is 9.42. The van der Waals surface area contributed by atoms with Crippen LogP contribution in [0.5, 0.6) is 0 Å². The van der Waals surface area contributed by atoms with Gasteiger partial charge in [-0.25, -0.2) is 0 Å². The average molecular weight is 289 g/mol. The fourth-order valence-corrected chi connectivity index (χ4v) is 3.16. The van der Waals surface area contributed by atoms with Gasteiger partial charge in [0.15, 0.2) is 0 Å². The summed E-state index contributed by atoms with van der Waals surface area (Å²) in [5.41, 5.74) is 2.47. The summed E-state index contributed by atoms with van der Waals surface area (Å²) in [5.74, 6) is 0.771. The van der Waals surface area contributed by atoms with Gasteiger partial charge in [-0.05, 0) is 45.0 Å². The van der Waals surface area contributed by atoms with E-state index in [1.807, 2.05) is 26.0 Å². The zero-order valence-corrected chi connectivity index (χ0v) is 12.7. The van der Waals surface area contributed by atoms with Crippen LogP contribution in [0.2, 0.25) is 5.02 Å². The van der Waals surface area contributed by atoms with Crippen molar-refractivity contribution in [2.45, 2.75) is 32.2 Å². The van der Waals surface area contributed by atoms with Crippen molar-refractivity contribution in [2.24, 2.45) is 0 Å². The second-order valence-electron chi connectivity index (χ2n) is 6.03. The Hall–Kier alpha value is -1.50. The number of rotatable bonds is 1. The number of halogens is 1. The Morgan fingerprint density at radius 3 is 2.80 bits per heavy atom. The van der Waals surface area contributed by atoms with Gasteiger partial charge in [0, 0.05) is 29.1 Å². The topological polar surface area (TPSA) is 40.2 Å². The number of hydrogen-bond donors (Lipinski definition) is 0. The van der Waals surface area contributed by atoms with E-state index in [4.69, 9.17) is 16.0 Å². The first-order valence-electron chi connectivity index (χ1n) is 6.77. The van der Waals surface area contributed by atoms with Crippen LogP contribution in [0.15, 0.2) is 16.5 Å². The molecule has 3 rings (SSSR count). The maximum Gasteiger partial charge on any atom is 0.135 e. The van der Waals surface area contributed by atoms with Crippen LogP contribution in [0.4, 0.5) is 0 Å². The van der Waals surface area contributed by atoms with E-state index < -0.39 is 5.41 Å². The Bertz CT molecular complexity index is 724. The van der Waals surface area contributed by atoms with Gasteiger partial charge in [0.1, 0.15) is 16.8 Å². The van der Waals surface area contributed by atoms with Crippen molar-refractivity contribution in [3.63, 3.8) is 0 Å². The Balaban J connectivity index is 2.38. The zero-order chi connectivity index (χ0) is 14.5. The zero-order valence-electron chi connectivity index (χ0n) is 12.0. The Morgan fingerprint density at radius 2 is 2.10 bits per heavy atom. The van der Waals surface area contributed by atoms with Crippen LogP contribution in [-0.2, 0) is 18.4 Å². The molecule has 2 heterocycles. The fraction of sp³-hybridized carbons (Fsp3) is 0.438. The number of nitriles is 1. The lowest BCUT2D eigenvalue weighted by Crippen LogP contribution is -2.21. The first-order valence-corrected chi connectivity index (χ1v) is 7.15. The molecule has 20 heavy (non-hydrogen) atoms.